The van der Waals surface area contributed by atoms with Gasteiger partial charge in [0.05, 0.1) is 17.3 Å². The summed E-state index contributed by atoms with van der Waals surface area (Å²) in [5.74, 6) is -1.58. The third-order valence-electron chi connectivity index (χ3n) is 5.92. The lowest BCUT2D eigenvalue weighted by atomic mass is 9.89. The van der Waals surface area contributed by atoms with Crippen LogP contribution in [0.5, 0.6) is 0 Å². The zero-order chi connectivity index (χ0) is 23.0. The minimum Gasteiger partial charge on any atom is -0.383 e. The van der Waals surface area contributed by atoms with Crippen LogP contribution in [0.15, 0.2) is 30.6 Å². The highest BCUT2D eigenvalue weighted by atomic mass is 19.3. The average molecular weight is 448 g/mol. The largest absolute Gasteiger partial charge is 0.383 e. The van der Waals surface area contributed by atoms with E-state index in [2.05, 4.69) is 15.3 Å². The minimum atomic E-state index is -2.95. The van der Waals surface area contributed by atoms with Crippen molar-refractivity contribution in [2.75, 3.05) is 13.2 Å². The molecular weight excluding hydrogens is 425 g/mol. The molecule has 0 radical (unpaired) electrons. The van der Waals surface area contributed by atoms with Gasteiger partial charge in [0.1, 0.15) is 29.1 Å². The van der Waals surface area contributed by atoms with Crippen LogP contribution in [0, 0.1) is 5.82 Å². The van der Waals surface area contributed by atoms with E-state index in [1.54, 1.807) is 17.7 Å². The molecule has 1 aromatic carbocycles. The normalized spacial score (nSPS) is 17.0. The Morgan fingerprint density at radius 1 is 1.25 bits per heavy atom. The summed E-state index contributed by atoms with van der Waals surface area (Å²) in [7, 11) is 1.64. The molecule has 2 N–H and O–H groups in total. The summed E-state index contributed by atoms with van der Waals surface area (Å²) in [6.45, 7) is 2.30. The molecule has 4 rings (SSSR count). The van der Waals surface area contributed by atoms with Gasteiger partial charge in [-0.05, 0) is 13.0 Å². The molecule has 1 atom stereocenters. The SMILES string of the molecule is C[C@@H](NC(=O)c1cc2c(C3(O)CCOCC3)ncnc2n1C)c1cccc(C(F)F)c1F. The van der Waals surface area contributed by atoms with E-state index in [0.717, 1.165) is 6.07 Å². The van der Waals surface area contributed by atoms with Crippen molar-refractivity contribution in [3.8, 4) is 0 Å². The van der Waals surface area contributed by atoms with Crippen molar-refractivity contribution in [2.24, 2.45) is 7.05 Å². The molecule has 0 saturated carbocycles. The first-order valence-corrected chi connectivity index (χ1v) is 10.2. The Morgan fingerprint density at radius 2 is 1.94 bits per heavy atom. The zero-order valence-electron chi connectivity index (χ0n) is 17.6. The number of carbonyl (C=O) groups is 1. The summed E-state index contributed by atoms with van der Waals surface area (Å²) < 4.78 is 47.4. The van der Waals surface area contributed by atoms with Crippen molar-refractivity contribution in [2.45, 2.75) is 37.8 Å². The molecule has 0 spiro atoms. The fourth-order valence-electron chi connectivity index (χ4n) is 4.09. The topological polar surface area (TPSA) is 89.3 Å². The van der Waals surface area contributed by atoms with Gasteiger partial charge in [0.2, 0.25) is 0 Å². The number of halogens is 3. The summed E-state index contributed by atoms with van der Waals surface area (Å²) in [6.07, 6.45) is -0.886. The number of nitrogens with one attached hydrogen (secondary N) is 1. The first kappa shape index (κ1) is 22.2. The number of nitrogens with zero attached hydrogens (tertiary/aromatic N) is 3. The highest BCUT2D eigenvalue weighted by Crippen LogP contribution is 2.35. The molecule has 10 heteroatoms. The van der Waals surface area contributed by atoms with Gasteiger partial charge in [-0.1, -0.05) is 18.2 Å². The van der Waals surface area contributed by atoms with Crippen molar-refractivity contribution in [3.63, 3.8) is 0 Å². The first-order chi connectivity index (χ1) is 15.2. The maximum Gasteiger partial charge on any atom is 0.268 e. The van der Waals surface area contributed by atoms with E-state index in [1.807, 2.05) is 0 Å². The van der Waals surface area contributed by atoms with Crippen molar-refractivity contribution in [1.82, 2.24) is 19.9 Å². The van der Waals surface area contributed by atoms with Crippen LogP contribution in [-0.2, 0) is 17.4 Å². The van der Waals surface area contributed by atoms with E-state index in [4.69, 9.17) is 4.74 Å². The van der Waals surface area contributed by atoms with Crippen LogP contribution in [0.2, 0.25) is 0 Å². The van der Waals surface area contributed by atoms with Gasteiger partial charge in [-0.15, -0.1) is 0 Å². The summed E-state index contributed by atoms with van der Waals surface area (Å²) in [4.78, 5) is 21.5. The predicted molar refractivity (Wildman–Crippen MR) is 110 cm³/mol. The van der Waals surface area contributed by atoms with Gasteiger partial charge >= 0.3 is 0 Å². The van der Waals surface area contributed by atoms with Crippen LogP contribution in [0.25, 0.3) is 11.0 Å². The molecule has 170 valence electrons. The lowest BCUT2D eigenvalue weighted by Crippen LogP contribution is -2.34. The molecule has 1 saturated heterocycles. The molecule has 1 fully saturated rings. The second kappa shape index (κ2) is 8.51. The standard InChI is InChI=1S/C22H23F3N4O3/c1-12(13-4-3-5-14(17(13)23)19(24)25)28-21(30)16-10-15-18(22(31)6-8-32-9-7-22)26-11-27-20(15)29(16)2/h3-5,10-12,19,31H,6-9H2,1-2H3,(H,28,30)/t12-/m1/s1. The third kappa shape index (κ3) is 3.84. The number of carbonyl (C=O) groups excluding carboxylic acids is 1. The van der Waals surface area contributed by atoms with Gasteiger partial charge < -0.3 is 19.7 Å². The fourth-order valence-corrected chi connectivity index (χ4v) is 4.09. The Balaban J connectivity index is 1.66. The number of fused-ring (bicyclic) bond motifs is 1. The summed E-state index contributed by atoms with van der Waals surface area (Å²) in [6, 6.07) is 4.42. The number of ether oxygens (including phenoxy) is 1. The highest BCUT2D eigenvalue weighted by Gasteiger charge is 2.36. The fraction of sp³-hybridized carbons (Fsp3) is 0.409. The van der Waals surface area contributed by atoms with Crippen LogP contribution in [0.3, 0.4) is 0 Å². The number of alkyl halides is 2. The summed E-state index contributed by atoms with van der Waals surface area (Å²) in [5.41, 5.74) is -0.845. The van der Waals surface area contributed by atoms with Gasteiger partial charge in [-0.2, -0.15) is 0 Å². The van der Waals surface area contributed by atoms with E-state index in [1.165, 1.54) is 25.4 Å². The Morgan fingerprint density at radius 3 is 2.62 bits per heavy atom. The summed E-state index contributed by atoms with van der Waals surface area (Å²) >= 11 is 0. The Kier molecular flexibility index (Phi) is 5.91. The quantitative estimate of drug-likeness (QED) is 0.623. The monoisotopic (exact) mass is 448 g/mol. The molecule has 1 amide bonds. The van der Waals surface area contributed by atoms with E-state index < -0.39 is 35.4 Å². The van der Waals surface area contributed by atoms with Crippen LogP contribution < -0.4 is 5.32 Å². The zero-order valence-corrected chi connectivity index (χ0v) is 17.6. The van der Waals surface area contributed by atoms with Crippen LogP contribution in [0.4, 0.5) is 13.2 Å². The number of benzene rings is 1. The maximum atomic E-state index is 14.5. The first-order valence-electron chi connectivity index (χ1n) is 10.2. The number of hydrogen-bond donors (Lipinski definition) is 2. The van der Waals surface area contributed by atoms with E-state index in [9.17, 15) is 23.1 Å². The molecule has 3 aromatic rings. The molecule has 2 aromatic heterocycles. The molecule has 0 aliphatic carbocycles. The lowest BCUT2D eigenvalue weighted by molar-refractivity contribution is -0.0695. The lowest BCUT2D eigenvalue weighted by Gasteiger charge is -2.31. The molecule has 3 heterocycles. The number of amides is 1. The van der Waals surface area contributed by atoms with Gasteiger partial charge in [0.25, 0.3) is 12.3 Å². The smallest absolute Gasteiger partial charge is 0.268 e. The number of aryl methyl sites for hydroxylation is 1. The molecule has 7 nitrogen and oxygen atoms in total. The second-order valence-corrected chi connectivity index (χ2v) is 7.94. The van der Waals surface area contributed by atoms with Crippen LogP contribution in [-0.4, -0.2) is 38.8 Å². The van der Waals surface area contributed by atoms with Crippen LogP contribution >= 0.6 is 0 Å². The van der Waals surface area contributed by atoms with E-state index in [0.29, 0.717) is 42.8 Å². The van der Waals surface area contributed by atoms with Crippen molar-refractivity contribution < 1.29 is 27.8 Å². The number of rotatable bonds is 5. The Bertz CT molecular complexity index is 1160. The van der Waals surface area contributed by atoms with Gasteiger partial charge in [-0.3, -0.25) is 4.79 Å². The molecule has 32 heavy (non-hydrogen) atoms. The molecule has 0 unspecified atom stereocenters. The summed E-state index contributed by atoms with van der Waals surface area (Å²) in [5, 5.41) is 14.3. The van der Waals surface area contributed by atoms with Gasteiger partial charge in [0.15, 0.2) is 0 Å². The molecule has 1 aliphatic heterocycles. The van der Waals surface area contributed by atoms with E-state index in [-0.39, 0.29) is 11.3 Å². The second-order valence-electron chi connectivity index (χ2n) is 7.94. The number of aliphatic hydroxyl groups is 1. The number of hydrogen-bond acceptors (Lipinski definition) is 5. The Labute approximate surface area is 182 Å². The average Bonchev–Trinajstić information content (AvgIpc) is 3.11. The van der Waals surface area contributed by atoms with Gasteiger partial charge in [0, 0.05) is 44.1 Å². The van der Waals surface area contributed by atoms with E-state index >= 15 is 0 Å². The minimum absolute atomic E-state index is 0.0353. The number of aromatic nitrogens is 3. The molecular formula is C22H23F3N4O3. The predicted octanol–water partition coefficient (Wildman–Crippen LogP) is 3.53. The van der Waals surface area contributed by atoms with Crippen molar-refractivity contribution in [3.05, 3.63) is 58.9 Å². The van der Waals surface area contributed by atoms with Crippen molar-refractivity contribution in [1.29, 1.82) is 0 Å². The van der Waals surface area contributed by atoms with Gasteiger partial charge in [-0.25, -0.2) is 23.1 Å². The van der Waals surface area contributed by atoms with Crippen molar-refractivity contribution >= 4 is 16.9 Å². The molecule has 0 bridgehead atoms. The van der Waals surface area contributed by atoms with Crippen LogP contribution in [0.1, 0.15) is 59.5 Å². The highest BCUT2D eigenvalue weighted by molar-refractivity contribution is 5.98. The maximum absolute atomic E-state index is 14.5. The third-order valence-corrected chi connectivity index (χ3v) is 5.92. The Hall–Kier alpha value is -2.98. The molecule has 1 aliphatic rings.